The molecule has 0 heterocycles. The number of esters is 3. The van der Waals surface area contributed by atoms with Gasteiger partial charge in [-0.05, 0) is 109 Å². The minimum atomic E-state index is -0.782. The maximum atomic E-state index is 12.9. The molecule has 0 aromatic heterocycles. The molecule has 0 amide bonds. The quantitative estimate of drug-likeness (QED) is 0.0261. The van der Waals surface area contributed by atoms with Crippen molar-refractivity contribution in [3.05, 3.63) is 109 Å². The third-order valence-electron chi connectivity index (χ3n) is 14.0. The predicted molar refractivity (Wildman–Crippen MR) is 339 cm³/mol. The van der Waals surface area contributed by atoms with Crippen LogP contribution in [-0.2, 0) is 28.6 Å². The minimum absolute atomic E-state index is 0.0809. The average Bonchev–Trinajstić information content (AvgIpc) is 3.44. The fourth-order valence-corrected chi connectivity index (χ4v) is 9.10. The first-order valence-electron chi connectivity index (χ1n) is 32.9. The van der Waals surface area contributed by atoms with Crippen LogP contribution >= 0.6 is 0 Å². The lowest BCUT2D eigenvalue weighted by atomic mass is 10.0. The molecule has 0 N–H and O–H groups in total. The highest BCUT2D eigenvalue weighted by molar-refractivity contribution is 5.71. The van der Waals surface area contributed by atoms with Gasteiger partial charge in [-0.1, -0.05) is 291 Å². The molecule has 0 spiro atoms. The van der Waals surface area contributed by atoms with Crippen LogP contribution in [0.25, 0.3) is 0 Å². The third-order valence-corrected chi connectivity index (χ3v) is 14.0. The average molecular weight is 1080 g/mol. The van der Waals surface area contributed by atoms with Gasteiger partial charge in [-0.2, -0.15) is 0 Å². The SMILES string of the molecule is CC/C=C\C/C=C\C/C=C\C/C=C\C/C=C\C/C=C\CCCCCCCCCCC(=O)OCC(COC(=O)CCCCCCCC)OC(=O)CCCCCCCCCCCCCC/C=C\C/C=C\C/C=C\CCCCCCC. The molecule has 0 aromatic carbocycles. The Bertz CT molecular complexity index is 1570. The lowest BCUT2D eigenvalue weighted by molar-refractivity contribution is -0.167. The standard InChI is InChI=1S/C72H122O6/c1-4-7-10-13-16-18-20-22-24-26-28-30-32-34-36-38-40-42-44-46-48-50-52-54-56-59-62-65-71(74)77-68-69(67-76-70(73)64-61-58-15-12-9-6-3)78-72(75)66-63-60-57-55-53-51-49-47-45-43-41-39-37-35-33-31-29-27-25-23-21-19-17-14-11-8-5-2/h7,10,16,18,21-24,27-30,33-36,40,42,69H,4-6,8-9,11-15,17,19-20,25-26,31-32,37-39,41,43-68H2,1-3H3/b10-7-,18-16-,23-21-,24-22-,29-27-,30-28-,35-33-,36-34-,42-40-. The molecule has 0 aliphatic heterocycles. The number of hydrogen-bond donors (Lipinski definition) is 0. The van der Waals surface area contributed by atoms with E-state index in [9.17, 15) is 14.4 Å². The van der Waals surface area contributed by atoms with Crippen molar-refractivity contribution in [1.29, 1.82) is 0 Å². The topological polar surface area (TPSA) is 78.9 Å². The molecular weight excluding hydrogens is 961 g/mol. The van der Waals surface area contributed by atoms with Crippen LogP contribution in [0.3, 0.4) is 0 Å². The van der Waals surface area contributed by atoms with Gasteiger partial charge in [-0.3, -0.25) is 14.4 Å². The van der Waals surface area contributed by atoms with Crippen LogP contribution in [-0.4, -0.2) is 37.2 Å². The zero-order valence-electron chi connectivity index (χ0n) is 51.2. The molecule has 0 rings (SSSR count). The Morgan fingerprint density at radius 3 is 0.782 bits per heavy atom. The van der Waals surface area contributed by atoms with Gasteiger partial charge in [-0.15, -0.1) is 0 Å². The van der Waals surface area contributed by atoms with E-state index < -0.39 is 6.10 Å². The van der Waals surface area contributed by atoms with E-state index in [0.29, 0.717) is 19.3 Å². The van der Waals surface area contributed by atoms with E-state index in [-0.39, 0.29) is 31.1 Å². The van der Waals surface area contributed by atoms with Gasteiger partial charge in [0.15, 0.2) is 6.10 Å². The summed E-state index contributed by atoms with van der Waals surface area (Å²) in [6, 6.07) is 0. The molecule has 0 radical (unpaired) electrons. The van der Waals surface area contributed by atoms with Gasteiger partial charge < -0.3 is 14.2 Å². The van der Waals surface area contributed by atoms with Crippen LogP contribution in [0, 0.1) is 0 Å². The first kappa shape index (κ1) is 74.1. The molecular formula is C72H122O6. The van der Waals surface area contributed by atoms with Crippen LogP contribution < -0.4 is 0 Å². The summed E-state index contributed by atoms with van der Waals surface area (Å²) >= 11 is 0. The van der Waals surface area contributed by atoms with E-state index in [2.05, 4.69) is 130 Å². The Kier molecular flexibility index (Phi) is 62.3. The minimum Gasteiger partial charge on any atom is -0.462 e. The van der Waals surface area contributed by atoms with Gasteiger partial charge in [0.2, 0.25) is 0 Å². The highest BCUT2D eigenvalue weighted by Crippen LogP contribution is 2.16. The van der Waals surface area contributed by atoms with E-state index in [1.165, 1.54) is 154 Å². The van der Waals surface area contributed by atoms with Crippen molar-refractivity contribution in [1.82, 2.24) is 0 Å². The van der Waals surface area contributed by atoms with Gasteiger partial charge in [0.25, 0.3) is 0 Å². The van der Waals surface area contributed by atoms with Crippen molar-refractivity contribution in [2.45, 2.75) is 316 Å². The summed E-state index contributed by atoms with van der Waals surface area (Å²) in [5.41, 5.74) is 0. The Morgan fingerprint density at radius 1 is 0.269 bits per heavy atom. The normalized spacial score (nSPS) is 12.8. The summed E-state index contributed by atoms with van der Waals surface area (Å²) in [4.78, 5) is 38.1. The van der Waals surface area contributed by atoms with Gasteiger partial charge in [0.05, 0.1) is 0 Å². The number of rotatable bonds is 59. The number of carbonyl (C=O) groups is 3. The van der Waals surface area contributed by atoms with Crippen molar-refractivity contribution in [2.75, 3.05) is 13.2 Å². The molecule has 0 saturated heterocycles. The van der Waals surface area contributed by atoms with E-state index in [1.807, 2.05) is 0 Å². The van der Waals surface area contributed by atoms with Crippen molar-refractivity contribution >= 4 is 17.9 Å². The number of unbranched alkanes of at least 4 members (excludes halogenated alkanes) is 30. The smallest absolute Gasteiger partial charge is 0.306 e. The van der Waals surface area contributed by atoms with E-state index in [1.54, 1.807) is 0 Å². The van der Waals surface area contributed by atoms with E-state index in [0.717, 1.165) is 116 Å². The van der Waals surface area contributed by atoms with Crippen LogP contribution in [0.15, 0.2) is 109 Å². The molecule has 0 fully saturated rings. The van der Waals surface area contributed by atoms with Crippen LogP contribution in [0.5, 0.6) is 0 Å². The Hall–Kier alpha value is -3.93. The van der Waals surface area contributed by atoms with Gasteiger partial charge in [0, 0.05) is 19.3 Å². The first-order valence-corrected chi connectivity index (χ1v) is 32.9. The Morgan fingerprint density at radius 2 is 0.500 bits per heavy atom. The molecule has 6 heteroatoms. The van der Waals surface area contributed by atoms with Crippen LogP contribution in [0.2, 0.25) is 0 Å². The summed E-state index contributed by atoms with van der Waals surface area (Å²) in [7, 11) is 0. The molecule has 0 saturated carbocycles. The second-order valence-electron chi connectivity index (χ2n) is 21.6. The lowest BCUT2D eigenvalue weighted by Gasteiger charge is -2.18. The summed E-state index contributed by atoms with van der Waals surface area (Å²) in [6.07, 6.45) is 89.9. The lowest BCUT2D eigenvalue weighted by Crippen LogP contribution is -2.30. The maximum absolute atomic E-state index is 12.9. The van der Waals surface area contributed by atoms with Gasteiger partial charge in [0.1, 0.15) is 13.2 Å². The summed E-state index contributed by atoms with van der Waals surface area (Å²) < 4.78 is 16.8. The largest absolute Gasteiger partial charge is 0.462 e. The molecule has 446 valence electrons. The molecule has 6 nitrogen and oxygen atoms in total. The number of carbonyl (C=O) groups excluding carboxylic acids is 3. The summed E-state index contributed by atoms with van der Waals surface area (Å²) in [5.74, 6) is -0.894. The second kappa shape index (κ2) is 65.6. The maximum Gasteiger partial charge on any atom is 0.306 e. The van der Waals surface area contributed by atoms with Crippen molar-refractivity contribution in [3.8, 4) is 0 Å². The number of allylic oxidation sites excluding steroid dienone is 18. The number of hydrogen-bond acceptors (Lipinski definition) is 6. The molecule has 1 unspecified atom stereocenters. The van der Waals surface area contributed by atoms with Gasteiger partial charge in [-0.25, -0.2) is 0 Å². The summed E-state index contributed by atoms with van der Waals surface area (Å²) in [6.45, 7) is 6.46. The monoisotopic (exact) mass is 1080 g/mol. The molecule has 0 aromatic rings. The van der Waals surface area contributed by atoms with Crippen molar-refractivity contribution in [3.63, 3.8) is 0 Å². The van der Waals surface area contributed by atoms with E-state index >= 15 is 0 Å². The highest BCUT2D eigenvalue weighted by Gasteiger charge is 2.19. The fourth-order valence-electron chi connectivity index (χ4n) is 9.10. The predicted octanol–water partition coefficient (Wildman–Crippen LogP) is 22.6. The molecule has 0 aliphatic rings. The Labute approximate surface area is 482 Å². The first-order chi connectivity index (χ1) is 38.5. The number of ether oxygens (including phenoxy) is 3. The van der Waals surface area contributed by atoms with E-state index in [4.69, 9.17) is 14.2 Å². The van der Waals surface area contributed by atoms with Crippen molar-refractivity contribution in [2.24, 2.45) is 0 Å². The molecule has 1 atom stereocenters. The summed E-state index contributed by atoms with van der Waals surface area (Å²) in [5, 5.41) is 0. The zero-order chi connectivity index (χ0) is 56.4. The van der Waals surface area contributed by atoms with Gasteiger partial charge >= 0.3 is 17.9 Å². The van der Waals surface area contributed by atoms with Crippen LogP contribution in [0.4, 0.5) is 0 Å². The second-order valence-corrected chi connectivity index (χ2v) is 21.6. The fraction of sp³-hybridized carbons (Fsp3) is 0.708. The molecule has 0 aliphatic carbocycles. The third kappa shape index (κ3) is 62.9. The van der Waals surface area contributed by atoms with Crippen molar-refractivity contribution < 1.29 is 28.6 Å². The molecule has 0 bridgehead atoms. The van der Waals surface area contributed by atoms with Crippen LogP contribution in [0.1, 0.15) is 310 Å². The zero-order valence-corrected chi connectivity index (χ0v) is 51.2. The highest BCUT2D eigenvalue weighted by atomic mass is 16.6. The Balaban J connectivity index is 4.12. The molecule has 78 heavy (non-hydrogen) atoms.